The minimum atomic E-state index is -1.90. The molecule has 234 valence electrons. The lowest BCUT2D eigenvalue weighted by Crippen LogP contribution is -2.31. The van der Waals surface area contributed by atoms with Crippen LogP contribution >= 0.6 is 11.6 Å². The third-order valence-electron chi connectivity index (χ3n) is 7.66. The van der Waals surface area contributed by atoms with Crippen LogP contribution in [-0.4, -0.2) is 37.2 Å². The van der Waals surface area contributed by atoms with Gasteiger partial charge in [0, 0.05) is 17.1 Å². The Morgan fingerprint density at radius 1 is 1.11 bits per heavy atom. The Morgan fingerprint density at radius 2 is 1.86 bits per heavy atom. The topological polar surface area (TPSA) is 109 Å². The molecule has 4 heterocycles. The number of para-hydroxylation sites is 1. The molecule has 1 aliphatic rings. The first-order valence-electron chi connectivity index (χ1n) is 15.0. The van der Waals surface area contributed by atoms with E-state index >= 15 is 0 Å². The second kappa shape index (κ2) is 14.1. The summed E-state index contributed by atoms with van der Waals surface area (Å²) in [7, 11) is -1.90. The molecule has 0 bridgehead atoms. The fourth-order valence-electron chi connectivity index (χ4n) is 4.99. The van der Waals surface area contributed by atoms with Gasteiger partial charge >= 0.3 is 0 Å². The molecule has 4 aromatic rings. The number of rotatable bonds is 7. The third kappa shape index (κ3) is 8.61. The van der Waals surface area contributed by atoms with E-state index in [9.17, 15) is 9.00 Å². The van der Waals surface area contributed by atoms with Gasteiger partial charge in [-0.15, -0.1) is 0 Å². The Labute approximate surface area is 268 Å². The smallest absolute Gasteiger partial charge is 0.266 e. The minimum absolute atomic E-state index is 0.00550. The number of benzene rings is 1. The van der Waals surface area contributed by atoms with Gasteiger partial charge in [-0.25, -0.2) is 14.2 Å². The van der Waals surface area contributed by atoms with Crippen LogP contribution in [0.2, 0.25) is 5.15 Å². The van der Waals surface area contributed by atoms with Crippen LogP contribution in [0, 0.1) is 6.92 Å². The number of anilines is 1. The lowest BCUT2D eigenvalue weighted by Gasteiger charge is -2.22. The van der Waals surface area contributed by atoms with E-state index in [4.69, 9.17) is 11.6 Å². The fraction of sp³-hybridized carbons (Fsp3) is 0.412. The Hall–Kier alpha value is -3.40. The number of hydrogen-bond acceptors (Lipinski definition) is 7. The van der Waals surface area contributed by atoms with Gasteiger partial charge in [0.1, 0.15) is 11.0 Å². The Kier molecular flexibility index (Phi) is 10.8. The van der Waals surface area contributed by atoms with Crippen molar-refractivity contribution in [3.8, 4) is 0 Å². The predicted octanol–water partition coefficient (Wildman–Crippen LogP) is 7.45. The van der Waals surface area contributed by atoms with Crippen LogP contribution < -0.4 is 15.4 Å². The molecule has 44 heavy (non-hydrogen) atoms. The molecule has 0 radical (unpaired) electrons. The lowest BCUT2D eigenvalue weighted by molar-refractivity contribution is 0.0982. The number of nitrogens with zero attached hydrogens (tertiary/aromatic N) is 3. The van der Waals surface area contributed by atoms with Crippen LogP contribution in [0.1, 0.15) is 94.0 Å². The highest BCUT2D eigenvalue weighted by Crippen LogP contribution is 2.27. The normalized spacial score (nSPS) is 15.6. The van der Waals surface area contributed by atoms with Crippen molar-refractivity contribution >= 4 is 45.2 Å². The highest BCUT2D eigenvalue weighted by molar-refractivity contribution is 7.83. The zero-order chi connectivity index (χ0) is 32.1. The molecule has 1 saturated heterocycles. The summed E-state index contributed by atoms with van der Waals surface area (Å²) >= 11 is 6.29. The first-order valence-corrected chi connectivity index (χ1v) is 16.5. The van der Waals surface area contributed by atoms with Crippen LogP contribution in [0.15, 0.2) is 65.8 Å². The summed E-state index contributed by atoms with van der Waals surface area (Å²) in [5.41, 5.74) is 4.38. The summed E-state index contributed by atoms with van der Waals surface area (Å²) in [6, 6.07) is 16.5. The van der Waals surface area contributed by atoms with E-state index in [1.807, 2.05) is 37.4 Å². The number of carbonyl (C=O) groups excluding carboxylic acids is 1. The molecule has 0 aliphatic carbocycles. The number of halogens is 1. The van der Waals surface area contributed by atoms with E-state index in [1.165, 1.54) is 24.9 Å². The first kappa shape index (κ1) is 33.5. The van der Waals surface area contributed by atoms with E-state index in [-0.39, 0.29) is 27.2 Å². The van der Waals surface area contributed by atoms with E-state index < -0.39 is 16.9 Å². The number of aryl methyl sites for hydroxylation is 1. The average molecular weight is 635 g/mol. The molecular formula is C34H43ClN6O2S. The summed E-state index contributed by atoms with van der Waals surface area (Å²) < 4.78 is 15.5. The van der Waals surface area contributed by atoms with Crippen molar-refractivity contribution in [3.63, 3.8) is 0 Å². The molecule has 0 spiro atoms. The molecule has 1 aromatic carbocycles. The summed E-state index contributed by atoms with van der Waals surface area (Å²) in [5.74, 6) is -0.0511. The molecule has 3 N–H and O–H groups in total. The molecule has 5 rings (SSSR count). The van der Waals surface area contributed by atoms with Crippen molar-refractivity contribution in [2.45, 2.75) is 89.8 Å². The summed E-state index contributed by atoms with van der Waals surface area (Å²) in [6.45, 7) is 16.2. The summed E-state index contributed by atoms with van der Waals surface area (Å²) in [5, 5.41) is 7.82. The molecule has 1 amide bonds. The largest absolute Gasteiger partial charge is 0.362 e. The maximum atomic E-state index is 13.0. The van der Waals surface area contributed by atoms with Crippen LogP contribution in [-0.2, 0) is 16.4 Å². The van der Waals surface area contributed by atoms with Gasteiger partial charge in [0.2, 0.25) is 0 Å². The maximum Gasteiger partial charge on any atom is 0.266 e. The van der Waals surface area contributed by atoms with Crippen LogP contribution in [0.25, 0.3) is 10.9 Å². The first-order chi connectivity index (χ1) is 20.8. The lowest BCUT2D eigenvalue weighted by atomic mass is 9.87. The van der Waals surface area contributed by atoms with Gasteiger partial charge in [-0.3, -0.25) is 14.5 Å². The van der Waals surface area contributed by atoms with Gasteiger partial charge in [-0.1, -0.05) is 63.6 Å². The number of aromatic nitrogens is 3. The van der Waals surface area contributed by atoms with Crippen molar-refractivity contribution < 1.29 is 9.00 Å². The van der Waals surface area contributed by atoms with Crippen LogP contribution in [0.3, 0.4) is 0 Å². The fourth-order valence-corrected chi connectivity index (χ4v) is 5.98. The molecule has 1 fully saturated rings. The second-order valence-electron chi connectivity index (χ2n) is 12.8. The number of amides is 1. The van der Waals surface area contributed by atoms with Gasteiger partial charge in [0.15, 0.2) is 16.0 Å². The monoisotopic (exact) mass is 634 g/mol. The van der Waals surface area contributed by atoms with Crippen LogP contribution in [0.5, 0.6) is 0 Å². The quantitative estimate of drug-likeness (QED) is 0.181. The van der Waals surface area contributed by atoms with Crippen molar-refractivity contribution in [1.82, 2.24) is 25.0 Å². The molecule has 3 aromatic heterocycles. The van der Waals surface area contributed by atoms with E-state index in [0.29, 0.717) is 11.4 Å². The average Bonchev–Trinajstić information content (AvgIpc) is 3.39. The van der Waals surface area contributed by atoms with Gasteiger partial charge in [0.25, 0.3) is 5.91 Å². The van der Waals surface area contributed by atoms with Gasteiger partial charge in [-0.05, 0) is 93.5 Å². The van der Waals surface area contributed by atoms with E-state index in [2.05, 4.69) is 77.9 Å². The second-order valence-corrected chi connectivity index (χ2v) is 14.3. The third-order valence-corrected chi connectivity index (χ3v) is 8.93. The standard InChI is InChI=1S/C28H30ClN5O2S.C6H13N/c1-6-21(22-16-19(13-14-30-22)28(3,4)5)31-23-11-8-12-24(32-23)37(36)34-27(35)20-15-18-10-7-9-17(2)25(18)33-26(20)29;1-6(2)4-3-5-7-6/h7-16,21H,6H2,1-5H3,(H,31,32)(H,34,35);7H,3-5H2,1-2H3. The molecule has 0 saturated carbocycles. The zero-order valence-electron chi connectivity index (χ0n) is 26.6. The zero-order valence-corrected chi connectivity index (χ0v) is 28.2. The van der Waals surface area contributed by atoms with Gasteiger partial charge < -0.3 is 10.6 Å². The van der Waals surface area contributed by atoms with Crippen molar-refractivity contribution in [3.05, 3.63) is 88.3 Å². The van der Waals surface area contributed by atoms with Crippen molar-refractivity contribution in [1.29, 1.82) is 0 Å². The molecule has 1 aliphatic heterocycles. The summed E-state index contributed by atoms with van der Waals surface area (Å²) in [6.07, 6.45) is 5.29. The molecule has 2 unspecified atom stereocenters. The summed E-state index contributed by atoms with van der Waals surface area (Å²) in [4.78, 5) is 26.3. The highest BCUT2D eigenvalue weighted by Gasteiger charge is 2.21. The number of pyridine rings is 3. The maximum absolute atomic E-state index is 13.0. The molecule has 2 atom stereocenters. The van der Waals surface area contributed by atoms with Gasteiger partial charge in [0.05, 0.1) is 22.8 Å². The van der Waals surface area contributed by atoms with Gasteiger partial charge in [-0.2, -0.15) is 0 Å². The Bertz CT molecular complexity index is 1640. The molecule has 8 nitrogen and oxygen atoms in total. The molecular weight excluding hydrogens is 592 g/mol. The highest BCUT2D eigenvalue weighted by atomic mass is 35.5. The van der Waals surface area contributed by atoms with Crippen LogP contribution in [0.4, 0.5) is 5.82 Å². The predicted molar refractivity (Wildman–Crippen MR) is 181 cm³/mol. The number of carbonyl (C=O) groups is 1. The molecule has 10 heteroatoms. The Balaban J connectivity index is 0.000000555. The Morgan fingerprint density at radius 3 is 2.50 bits per heavy atom. The SMILES string of the molecule is CC1(C)CCCN1.CCC(Nc1cccc(S(=O)NC(=O)c2cc3cccc(C)c3nc2Cl)n1)c1cc(C(C)(C)C)ccn1. The van der Waals surface area contributed by atoms with E-state index in [0.717, 1.165) is 28.6 Å². The van der Waals surface area contributed by atoms with E-state index in [1.54, 1.807) is 24.3 Å². The number of nitrogens with one attached hydrogen (secondary N) is 3. The number of fused-ring (bicyclic) bond motifs is 1. The number of hydrogen-bond donors (Lipinski definition) is 3. The van der Waals surface area contributed by atoms with Crippen molar-refractivity contribution in [2.24, 2.45) is 0 Å². The minimum Gasteiger partial charge on any atom is -0.362 e. The van der Waals surface area contributed by atoms with Crippen molar-refractivity contribution in [2.75, 3.05) is 11.9 Å².